The molecule has 1 amide bonds. The van der Waals surface area contributed by atoms with Crippen molar-refractivity contribution in [2.75, 3.05) is 20.1 Å². The predicted molar refractivity (Wildman–Crippen MR) is 86.3 cm³/mol. The van der Waals surface area contributed by atoms with Gasteiger partial charge in [0.15, 0.2) is 0 Å². The zero-order chi connectivity index (χ0) is 15.5. The van der Waals surface area contributed by atoms with Crippen LogP contribution in [0.1, 0.15) is 28.8 Å². The highest BCUT2D eigenvalue weighted by atomic mass is 16.1. The second-order valence-electron chi connectivity index (χ2n) is 6.07. The molecule has 22 heavy (non-hydrogen) atoms. The molecule has 0 aliphatic carbocycles. The smallest absolute Gasteiger partial charge is 0.253 e. The van der Waals surface area contributed by atoms with Gasteiger partial charge in [-0.15, -0.1) is 0 Å². The molecule has 3 rings (SSSR count). The highest BCUT2D eigenvalue weighted by Crippen LogP contribution is 2.17. The molecule has 2 aromatic rings. The van der Waals surface area contributed by atoms with E-state index in [1.54, 1.807) is 12.5 Å². The second-order valence-corrected chi connectivity index (χ2v) is 6.07. The minimum absolute atomic E-state index is 0.00676. The lowest BCUT2D eigenvalue weighted by Crippen LogP contribution is -2.46. The molecule has 5 nitrogen and oxygen atoms in total. The van der Waals surface area contributed by atoms with Crippen molar-refractivity contribution < 1.29 is 4.79 Å². The van der Waals surface area contributed by atoms with Crippen molar-refractivity contribution in [1.29, 1.82) is 0 Å². The number of likely N-dealkylation sites (N-methyl/N-ethyl adjacent to an activating group) is 1. The van der Waals surface area contributed by atoms with Gasteiger partial charge in [-0.05, 0) is 45.5 Å². The van der Waals surface area contributed by atoms with Crippen LogP contribution in [-0.2, 0) is 0 Å². The van der Waals surface area contributed by atoms with Gasteiger partial charge in [0.05, 0.1) is 17.6 Å². The fourth-order valence-electron chi connectivity index (χ4n) is 3.01. The van der Waals surface area contributed by atoms with Crippen molar-refractivity contribution in [1.82, 2.24) is 19.8 Å². The highest BCUT2D eigenvalue weighted by Gasteiger charge is 2.21. The standard InChI is InChI=1S/C17H22N4O/c1-13-5-6-16(21-9-7-18-12-21)15(10-13)17(22)19-14-4-3-8-20(2)11-14/h5-7,9-10,12,14H,3-4,8,11H2,1-2H3,(H,19,22). The van der Waals surface area contributed by atoms with E-state index in [4.69, 9.17) is 0 Å². The zero-order valence-corrected chi connectivity index (χ0v) is 13.1. The van der Waals surface area contributed by atoms with Gasteiger partial charge in [0, 0.05) is 25.0 Å². The van der Waals surface area contributed by atoms with E-state index in [1.807, 2.05) is 35.9 Å². The Kier molecular flexibility index (Phi) is 4.24. The molecule has 2 heterocycles. The summed E-state index contributed by atoms with van der Waals surface area (Å²) in [4.78, 5) is 19.1. The molecule has 0 saturated carbocycles. The number of nitrogens with one attached hydrogen (secondary N) is 1. The number of piperidine rings is 1. The van der Waals surface area contributed by atoms with E-state index in [0.717, 1.165) is 37.2 Å². The van der Waals surface area contributed by atoms with Crippen molar-refractivity contribution in [3.8, 4) is 5.69 Å². The van der Waals surface area contributed by atoms with Crippen LogP contribution in [0.2, 0.25) is 0 Å². The second kappa shape index (κ2) is 6.32. The minimum atomic E-state index is -0.00676. The van der Waals surface area contributed by atoms with Gasteiger partial charge < -0.3 is 14.8 Å². The first-order chi connectivity index (χ1) is 10.6. The molecule has 1 unspecified atom stereocenters. The van der Waals surface area contributed by atoms with Gasteiger partial charge in [-0.25, -0.2) is 4.98 Å². The molecular formula is C17H22N4O. The maximum absolute atomic E-state index is 12.7. The van der Waals surface area contributed by atoms with E-state index in [2.05, 4.69) is 22.2 Å². The molecule has 5 heteroatoms. The first-order valence-corrected chi connectivity index (χ1v) is 7.72. The number of hydrogen-bond donors (Lipinski definition) is 1. The Hall–Kier alpha value is -2.14. The van der Waals surface area contributed by atoms with Crippen molar-refractivity contribution in [3.05, 3.63) is 48.0 Å². The first-order valence-electron chi connectivity index (χ1n) is 7.72. The number of nitrogens with zero attached hydrogens (tertiary/aromatic N) is 3. The van der Waals surface area contributed by atoms with Gasteiger partial charge in [-0.1, -0.05) is 11.6 Å². The summed E-state index contributed by atoms with van der Waals surface area (Å²) in [6.45, 7) is 4.03. The fraction of sp³-hybridized carbons (Fsp3) is 0.412. The van der Waals surface area contributed by atoms with E-state index in [-0.39, 0.29) is 11.9 Å². The molecule has 0 bridgehead atoms. The number of likely N-dealkylation sites (tertiary alicyclic amines) is 1. The Morgan fingerprint density at radius 2 is 2.27 bits per heavy atom. The zero-order valence-electron chi connectivity index (χ0n) is 13.1. The molecule has 1 aliphatic rings. The van der Waals surface area contributed by atoms with Crippen LogP contribution in [0.4, 0.5) is 0 Å². The minimum Gasteiger partial charge on any atom is -0.348 e. The number of hydrogen-bond acceptors (Lipinski definition) is 3. The normalized spacial score (nSPS) is 19.1. The lowest BCUT2D eigenvalue weighted by molar-refractivity contribution is 0.0912. The molecular weight excluding hydrogens is 276 g/mol. The van der Waals surface area contributed by atoms with Gasteiger partial charge in [-0.2, -0.15) is 0 Å². The first kappa shape index (κ1) is 14.8. The van der Waals surface area contributed by atoms with Crippen LogP contribution in [0.5, 0.6) is 0 Å². The molecule has 1 aliphatic heterocycles. The molecule has 116 valence electrons. The summed E-state index contributed by atoms with van der Waals surface area (Å²) in [5.41, 5.74) is 2.64. The Morgan fingerprint density at radius 1 is 1.41 bits per heavy atom. The lowest BCUT2D eigenvalue weighted by atomic mass is 10.0. The molecule has 1 atom stereocenters. The third-order valence-corrected chi connectivity index (χ3v) is 4.14. The highest BCUT2D eigenvalue weighted by molar-refractivity contribution is 5.98. The summed E-state index contributed by atoms with van der Waals surface area (Å²) in [5.74, 6) is -0.00676. The number of benzene rings is 1. The van der Waals surface area contributed by atoms with Crippen LogP contribution in [-0.4, -0.2) is 46.5 Å². The summed E-state index contributed by atoms with van der Waals surface area (Å²) in [6.07, 6.45) is 7.47. The van der Waals surface area contributed by atoms with Gasteiger partial charge >= 0.3 is 0 Å². The quantitative estimate of drug-likeness (QED) is 0.943. The van der Waals surface area contributed by atoms with Crippen LogP contribution in [0.25, 0.3) is 5.69 Å². The summed E-state index contributed by atoms with van der Waals surface area (Å²) in [6, 6.07) is 6.15. The van der Waals surface area contributed by atoms with Gasteiger partial charge in [0.25, 0.3) is 5.91 Å². The molecule has 1 fully saturated rings. The SMILES string of the molecule is Cc1ccc(-n2ccnc2)c(C(=O)NC2CCCN(C)C2)c1. The van der Waals surface area contributed by atoms with E-state index < -0.39 is 0 Å². The number of rotatable bonds is 3. The molecule has 1 aromatic carbocycles. The van der Waals surface area contributed by atoms with Crippen LogP contribution < -0.4 is 5.32 Å². The average molecular weight is 298 g/mol. The fourth-order valence-corrected chi connectivity index (χ4v) is 3.01. The van der Waals surface area contributed by atoms with Crippen molar-refractivity contribution in [3.63, 3.8) is 0 Å². The van der Waals surface area contributed by atoms with Gasteiger partial charge in [0.2, 0.25) is 0 Å². The Morgan fingerprint density at radius 3 is 3.00 bits per heavy atom. The molecule has 0 radical (unpaired) electrons. The number of aryl methyl sites for hydroxylation is 1. The summed E-state index contributed by atoms with van der Waals surface area (Å²) < 4.78 is 1.88. The summed E-state index contributed by atoms with van der Waals surface area (Å²) >= 11 is 0. The monoisotopic (exact) mass is 298 g/mol. The van der Waals surface area contributed by atoms with E-state index in [0.29, 0.717) is 5.56 Å². The van der Waals surface area contributed by atoms with Gasteiger partial charge in [0.1, 0.15) is 0 Å². The van der Waals surface area contributed by atoms with Crippen molar-refractivity contribution in [2.24, 2.45) is 0 Å². The van der Waals surface area contributed by atoms with Gasteiger partial charge in [-0.3, -0.25) is 4.79 Å². The van der Waals surface area contributed by atoms with E-state index in [1.165, 1.54) is 0 Å². The Balaban J connectivity index is 1.84. The van der Waals surface area contributed by atoms with Crippen LogP contribution in [0.3, 0.4) is 0 Å². The maximum Gasteiger partial charge on any atom is 0.253 e. The number of carbonyl (C=O) groups excluding carboxylic acids is 1. The maximum atomic E-state index is 12.7. The molecule has 1 N–H and O–H groups in total. The Bertz CT molecular complexity index is 651. The van der Waals surface area contributed by atoms with Crippen molar-refractivity contribution >= 4 is 5.91 Å². The third kappa shape index (κ3) is 3.20. The topological polar surface area (TPSA) is 50.2 Å². The average Bonchev–Trinajstić information content (AvgIpc) is 3.01. The van der Waals surface area contributed by atoms with Crippen molar-refractivity contribution in [2.45, 2.75) is 25.8 Å². The number of carbonyl (C=O) groups is 1. The third-order valence-electron chi connectivity index (χ3n) is 4.14. The number of amides is 1. The molecule has 1 aromatic heterocycles. The molecule has 0 spiro atoms. The predicted octanol–water partition coefficient (Wildman–Crippen LogP) is 2.00. The van der Waals surface area contributed by atoms with Crippen LogP contribution in [0, 0.1) is 6.92 Å². The number of aromatic nitrogens is 2. The van der Waals surface area contributed by atoms with E-state index >= 15 is 0 Å². The van der Waals surface area contributed by atoms with E-state index in [9.17, 15) is 4.79 Å². The largest absolute Gasteiger partial charge is 0.348 e. The lowest BCUT2D eigenvalue weighted by Gasteiger charge is -2.30. The molecule has 1 saturated heterocycles. The number of imidazole rings is 1. The summed E-state index contributed by atoms with van der Waals surface area (Å²) in [5, 5.41) is 3.18. The van der Waals surface area contributed by atoms with Crippen LogP contribution >= 0.6 is 0 Å². The summed E-state index contributed by atoms with van der Waals surface area (Å²) in [7, 11) is 2.10. The Labute approximate surface area is 131 Å². The van der Waals surface area contributed by atoms with Crippen LogP contribution in [0.15, 0.2) is 36.9 Å².